The minimum Gasteiger partial charge on any atom is -0.366 e. The van der Waals surface area contributed by atoms with Gasteiger partial charge in [-0.1, -0.05) is 6.07 Å². The van der Waals surface area contributed by atoms with Gasteiger partial charge < -0.3 is 11.2 Å². The molecule has 0 unspecified atom stereocenters. The highest BCUT2D eigenvalue weighted by molar-refractivity contribution is 5.93. The van der Waals surface area contributed by atoms with Crippen molar-refractivity contribution in [2.75, 3.05) is 11.6 Å². The van der Waals surface area contributed by atoms with Gasteiger partial charge in [0, 0.05) is 6.20 Å². The fourth-order valence-electron chi connectivity index (χ4n) is 1.58. The number of primary amides is 1. The molecule has 0 aliphatic carbocycles. The van der Waals surface area contributed by atoms with Gasteiger partial charge in [-0.2, -0.15) is 13.2 Å². The molecule has 1 aromatic carbocycles. The molecule has 7 heteroatoms. The molecule has 0 bridgehead atoms. The average Bonchev–Trinajstić information content (AvgIpc) is 2.77. The summed E-state index contributed by atoms with van der Waals surface area (Å²) in [7, 11) is 0. The van der Waals surface area contributed by atoms with Gasteiger partial charge in [0.15, 0.2) is 0 Å². The summed E-state index contributed by atoms with van der Waals surface area (Å²) >= 11 is 0. The Hall–Kier alpha value is -2.18. The summed E-state index contributed by atoms with van der Waals surface area (Å²) in [6, 6.07) is 4.81. The van der Waals surface area contributed by atoms with E-state index < -0.39 is 17.6 Å². The van der Waals surface area contributed by atoms with Crippen molar-refractivity contribution in [3.8, 4) is 0 Å². The van der Waals surface area contributed by atoms with E-state index in [4.69, 9.17) is 5.73 Å². The summed E-state index contributed by atoms with van der Waals surface area (Å²) in [5.74, 6) is -0.600. The zero-order valence-corrected chi connectivity index (χ0v) is 9.16. The number of alkyl halides is 3. The first-order valence-corrected chi connectivity index (χ1v) is 5.08. The van der Waals surface area contributed by atoms with Crippen molar-refractivity contribution >= 4 is 11.6 Å². The van der Waals surface area contributed by atoms with Gasteiger partial charge in [0.1, 0.15) is 0 Å². The number of hydrogen-bond acceptors (Lipinski definition) is 3. The number of hydrogen-bond donors (Lipinski definition) is 2. The average molecular weight is 257 g/mol. The monoisotopic (exact) mass is 257 g/mol. The number of nitrogens with two attached hydrogens (primary N) is 1. The fraction of sp³-hybridized carbons (Fsp3) is 0.182. The maximum Gasteiger partial charge on any atom is 0.416 e. The van der Waals surface area contributed by atoms with Crippen LogP contribution in [0.4, 0.5) is 18.9 Å². The minimum absolute atomic E-state index is 0.136. The van der Waals surface area contributed by atoms with Crippen LogP contribution in [0.1, 0.15) is 5.56 Å². The van der Waals surface area contributed by atoms with Gasteiger partial charge >= 0.3 is 6.18 Å². The first kappa shape index (κ1) is 12.3. The van der Waals surface area contributed by atoms with Crippen molar-refractivity contribution in [1.82, 2.24) is 5.43 Å². The van der Waals surface area contributed by atoms with E-state index in [0.717, 1.165) is 12.1 Å². The quantitative estimate of drug-likeness (QED) is 0.842. The Morgan fingerprint density at radius 3 is 2.67 bits per heavy atom. The van der Waals surface area contributed by atoms with Crippen molar-refractivity contribution in [2.45, 2.75) is 6.18 Å². The minimum atomic E-state index is -4.39. The predicted molar refractivity (Wildman–Crippen MR) is 59.2 cm³/mol. The van der Waals surface area contributed by atoms with Crippen LogP contribution >= 0.6 is 0 Å². The maximum atomic E-state index is 12.5. The number of rotatable bonds is 2. The zero-order valence-electron chi connectivity index (χ0n) is 9.16. The third-order valence-electron chi connectivity index (χ3n) is 2.52. The second kappa shape index (κ2) is 4.25. The first-order chi connectivity index (χ1) is 8.38. The second-order valence-corrected chi connectivity index (χ2v) is 3.80. The molecule has 1 aliphatic rings. The Balaban J connectivity index is 2.19. The summed E-state index contributed by atoms with van der Waals surface area (Å²) in [5, 5.41) is 1.41. The summed E-state index contributed by atoms with van der Waals surface area (Å²) in [4.78, 5) is 10.9. The Bertz CT molecular complexity index is 511. The number of carbonyl (C=O) groups is 1. The van der Waals surface area contributed by atoms with E-state index in [0.29, 0.717) is 11.3 Å². The van der Waals surface area contributed by atoms with E-state index in [1.54, 1.807) is 0 Å². The van der Waals surface area contributed by atoms with Crippen LogP contribution in [0, 0.1) is 0 Å². The topological polar surface area (TPSA) is 58.4 Å². The first-order valence-electron chi connectivity index (χ1n) is 5.08. The van der Waals surface area contributed by atoms with Crippen LogP contribution in [0.5, 0.6) is 0 Å². The van der Waals surface area contributed by atoms with Crippen molar-refractivity contribution < 1.29 is 18.0 Å². The van der Waals surface area contributed by atoms with Gasteiger partial charge in [0.05, 0.1) is 23.4 Å². The lowest BCUT2D eigenvalue weighted by molar-refractivity contribution is -0.137. The molecule has 1 heterocycles. The highest BCUT2D eigenvalue weighted by atomic mass is 19.4. The van der Waals surface area contributed by atoms with Gasteiger partial charge in [-0.3, -0.25) is 9.80 Å². The van der Waals surface area contributed by atoms with Crippen molar-refractivity contribution in [3.05, 3.63) is 41.6 Å². The molecule has 0 spiro atoms. The third-order valence-corrected chi connectivity index (χ3v) is 2.52. The molecule has 0 saturated carbocycles. The van der Waals surface area contributed by atoms with Gasteiger partial charge in [-0.05, 0) is 18.2 Å². The molecule has 96 valence electrons. The van der Waals surface area contributed by atoms with Gasteiger partial charge in [0.2, 0.25) is 5.91 Å². The van der Waals surface area contributed by atoms with E-state index in [2.05, 4.69) is 5.43 Å². The van der Waals surface area contributed by atoms with Crippen LogP contribution in [-0.2, 0) is 11.0 Å². The number of nitrogens with zero attached hydrogens (tertiary/aromatic N) is 1. The Kier molecular flexibility index (Phi) is 2.90. The number of nitrogens with one attached hydrogen (secondary N) is 1. The van der Waals surface area contributed by atoms with Gasteiger partial charge in [-0.15, -0.1) is 0 Å². The standard InChI is InChI=1S/C11H10F3N3O/c12-11(13,14)8-2-1-3-9(4-8)17-6-7(5-16-17)10(15)18/h1-5,16H,6H2,(H2,15,18). The lowest BCUT2D eigenvalue weighted by Gasteiger charge is -2.20. The van der Waals surface area contributed by atoms with Crippen molar-refractivity contribution in [1.29, 1.82) is 0 Å². The normalized spacial score (nSPS) is 15.3. The van der Waals surface area contributed by atoms with Crippen LogP contribution in [0.15, 0.2) is 36.0 Å². The Morgan fingerprint density at radius 2 is 2.11 bits per heavy atom. The molecule has 1 aliphatic heterocycles. The van der Waals surface area contributed by atoms with Gasteiger partial charge in [-0.25, -0.2) is 0 Å². The van der Waals surface area contributed by atoms with E-state index in [1.165, 1.54) is 23.3 Å². The molecular weight excluding hydrogens is 247 g/mol. The second-order valence-electron chi connectivity index (χ2n) is 3.80. The van der Waals surface area contributed by atoms with E-state index in [9.17, 15) is 18.0 Å². The maximum absolute atomic E-state index is 12.5. The molecule has 0 saturated heterocycles. The largest absolute Gasteiger partial charge is 0.416 e. The summed E-state index contributed by atoms with van der Waals surface area (Å²) in [6.07, 6.45) is -3.02. The molecule has 2 rings (SSSR count). The number of hydrazine groups is 1. The molecule has 1 aromatic rings. The van der Waals surface area contributed by atoms with Gasteiger partial charge in [0.25, 0.3) is 0 Å². The molecule has 4 nitrogen and oxygen atoms in total. The number of anilines is 1. The van der Waals surface area contributed by atoms with Crippen LogP contribution in [0.3, 0.4) is 0 Å². The molecule has 3 N–H and O–H groups in total. The van der Waals surface area contributed by atoms with Crippen LogP contribution < -0.4 is 16.2 Å². The van der Waals surface area contributed by atoms with Crippen LogP contribution in [-0.4, -0.2) is 12.5 Å². The number of benzene rings is 1. The molecule has 0 radical (unpaired) electrons. The SMILES string of the molecule is NC(=O)C1=CNN(c2cccc(C(F)(F)F)c2)C1. The summed E-state index contributed by atoms with van der Waals surface area (Å²) in [6.45, 7) is 0.136. The smallest absolute Gasteiger partial charge is 0.366 e. The number of amides is 1. The molecule has 0 atom stereocenters. The highest BCUT2D eigenvalue weighted by Crippen LogP contribution is 2.31. The summed E-state index contributed by atoms with van der Waals surface area (Å²) < 4.78 is 37.6. The lowest BCUT2D eigenvalue weighted by Crippen LogP contribution is -2.31. The summed E-state index contributed by atoms with van der Waals surface area (Å²) in [5.41, 5.74) is 7.66. The molecule has 1 amide bonds. The fourth-order valence-corrected chi connectivity index (χ4v) is 1.58. The molecular formula is C11H10F3N3O. The lowest BCUT2D eigenvalue weighted by atomic mass is 10.2. The highest BCUT2D eigenvalue weighted by Gasteiger charge is 2.31. The van der Waals surface area contributed by atoms with Crippen molar-refractivity contribution in [3.63, 3.8) is 0 Å². The zero-order chi connectivity index (χ0) is 13.3. The van der Waals surface area contributed by atoms with Crippen LogP contribution in [0.2, 0.25) is 0 Å². The Morgan fingerprint density at radius 1 is 1.39 bits per heavy atom. The number of halogens is 3. The van der Waals surface area contributed by atoms with Crippen LogP contribution in [0.25, 0.3) is 0 Å². The predicted octanol–water partition coefficient (Wildman–Crippen LogP) is 1.40. The van der Waals surface area contributed by atoms with E-state index >= 15 is 0 Å². The number of carbonyl (C=O) groups excluding carboxylic acids is 1. The van der Waals surface area contributed by atoms with E-state index in [1.807, 2.05) is 0 Å². The Labute approximate surface area is 101 Å². The molecule has 0 aromatic heterocycles. The van der Waals surface area contributed by atoms with Crippen molar-refractivity contribution in [2.24, 2.45) is 5.73 Å². The van der Waals surface area contributed by atoms with E-state index in [-0.39, 0.29) is 6.54 Å². The molecule has 18 heavy (non-hydrogen) atoms. The molecule has 0 fully saturated rings. The third kappa shape index (κ3) is 2.39.